The number of halogens is 2. The van der Waals surface area contributed by atoms with E-state index in [0.29, 0.717) is 17.8 Å². The summed E-state index contributed by atoms with van der Waals surface area (Å²) in [6, 6.07) is 5.12. The highest BCUT2D eigenvalue weighted by molar-refractivity contribution is 7.10. The fraction of sp³-hybridized carbons (Fsp3) is 0.214. The van der Waals surface area contributed by atoms with Gasteiger partial charge in [0.2, 0.25) is 0 Å². The summed E-state index contributed by atoms with van der Waals surface area (Å²) in [5.41, 5.74) is 7.66. The van der Waals surface area contributed by atoms with E-state index in [2.05, 4.69) is 18.3 Å². The van der Waals surface area contributed by atoms with Gasteiger partial charge in [0.1, 0.15) is 0 Å². The summed E-state index contributed by atoms with van der Waals surface area (Å²) in [4.78, 5) is 13.3. The van der Waals surface area contributed by atoms with Crippen molar-refractivity contribution in [2.45, 2.75) is 19.9 Å². The van der Waals surface area contributed by atoms with Gasteiger partial charge in [-0.3, -0.25) is 4.79 Å². The first-order chi connectivity index (χ1) is 9.52. The van der Waals surface area contributed by atoms with Gasteiger partial charge in [0.25, 0.3) is 5.91 Å². The summed E-state index contributed by atoms with van der Waals surface area (Å²) < 4.78 is 0. The Morgan fingerprint density at radius 2 is 2.15 bits per heavy atom. The number of hydrogen-bond acceptors (Lipinski definition) is 3. The smallest absolute Gasteiger partial charge is 0.251 e. The molecule has 106 valence electrons. The molecule has 0 fully saturated rings. The van der Waals surface area contributed by atoms with Crippen LogP contribution >= 0.6 is 34.5 Å². The van der Waals surface area contributed by atoms with Crippen molar-refractivity contribution < 1.29 is 4.79 Å². The van der Waals surface area contributed by atoms with Crippen LogP contribution in [0.15, 0.2) is 23.6 Å². The minimum absolute atomic E-state index is 0.217. The van der Waals surface area contributed by atoms with Crippen molar-refractivity contribution in [1.82, 2.24) is 5.32 Å². The highest BCUT2D eigenvalue weighted by atomic mass is 35.5. The van der Waals surface area contributed by atoms with E-state index in [1.807, 2.05) is 5.38 Å². The average Bonchev–Trinajstić information content (AvgIpc) is 2.89. The van der Waals surface area contributed by atoms with Crippen molar-refractivity contribution in [2.75, 3.05) is 5.73 Å². The molecule has 6 heteroatoms. The third-order valence-corrected chi connectivity index (χ3v) is 4.73. The lowest BCUT2D eigenvalue weighted by molar-refractivity contribution is 0.0951. The number of nitrogen functional groups attached to an aromatic ring is 1. The van der Waals surface area contributed by atoms with Crippen LogP contribution in [0.3, 0.4) is 0 Å². The Labute approximate surface area is 131 Å². The Morgan fingerprint density at radius 3 is 2.80 bits per heavy atom. The molecule has 1 amide bonds. The van der Waals surface area contributed by atoms with Crippen LogP contribution in [0.4, 0.5) is 5.69 Å². The van der Waals surface area contributed by atoms with Crippen molar-refractivity contribution in [2.24, 2.45) is 0 Å². The molecular formula is C14H14Cl2N2OS. The molecule has 0 radical (unpaired) electrons. The number of benzene rings is 1. The Morgan fingerprint density at radius 1 is 1.40 bits per heavy atom. The number of amides is 1. The van der Waals surface area contributed by atoms with Gasteiger partial charge in [0.05, 0.1) is 22.3 Å². The van der Waals surface area contributed by atoms with Gasteiger partial charge in [-0.15, -0.1) is 11.3 Å². The van der Waals surface area contributed by atoms with E-state index in [4.69, 9.17) is 28.9 Å². The SMILES string of the molecule is CCc1ccsc1CNC(=O)c1cc(N)c(Cl)c(Cl)c1. The second kappa shape index (κ2) is 6.48. The number of nitrogens with one attached hydrogen (secondary N) is 1. The Hall–Kier alpha value is -1.23. The van der Waals surface area contributed by atoms with Crippen LogP contribution in [-0.4, -0.2) is 5.91 Å². The minimum atomic E-state index is -0.217. The molecule has 1 heterocycles. The molecule has 0 aliphatic heterocycles. The van der Waals surface area contributed by atoms with E-state index in [1.165, 1.54) is 17.7 Å². The third kappa shape index (κ3) is 3.26. The molecule has 3 nitrogen and oxygen atoms in total. The number of rotatable bonds is 4. The molecule has 3 N–H and O–H groups in total. The van der Waals surface area contributed by atoms with E-state index >= 15 is 0 Å². The largest absolute Gasteiger partial charge is 0.397 e. The molecule has 0 aliphatic carbocycles. The van der Waals surface area contributed by atoms with E-state index in [9.17, 15) is 4.79 Å². The minimum Gasteiger partial charge on any atom is -0.397 e. The fourth-order valence-electron chi connectivity index (χ4n) is 1.84. The van der Waals surface area contributed by atoms with Gasteiger partial charge in [0.15, 0.2) is 0 Å². The summed E-state index contributed by atoms with van der Waals surface area (Å²) in [6.45, 7) is 2.59. The van der Waals surface area contributed by atoms with Gasteiger partial charge in [-0.2, -0.15) is 0 Å². The third-order valence-electron chi connectivity index (χ3n) is 2.95. The predicted molar refractivity (Wildman–Crippen MR) is 85.7 cm³/mol. The maximum Gasteiger partial charge on any atom is 0.251 e. The van der Waals surface area contributed by atoms with E-state index in [-0.39, 0.29) is 16.0 Å². The number of thiophene rings is 1. The van der Waals surface area contributed by atoms with Crippen LogP contribution < -0.4 is 11.1 Å². The standard InChI is InChI=1S/C14H14Cl2N2OS/c1-2-8-3-4-20-12(8)7-18-14(19)9-5-10(15)13(16)11(17)6-9/h3-6H,2,7,17H2,1H3,(H,18,19). The van der Waals surface area contributed by atoms with Crippen molar-refractivity contribution in [3.05, 3.63) is 49.6 Å². The topological polar surface area (TPSA) is 55.1 Å². The summed E-state index contributed by atoms with van der Waals surface area (Å²) in [7, 11) is 0. The molecule has 2 rings (SSSR count). The normalized spacial score (nSPS) is 10.6. The highest BCUT2D eigenvalue weighted by Crippen LogP contribution is 2.29. The number of nitrogens with two attached hydrogens (primary N) is 1. The molecule has 20 heavy (non-hydrogen) atoms. The Bertz CT molecular complexity index is 617. The second-order valence-corrected chi connectivity index (χ2v) is 6.05. The first kappa shape index (κ1) is 15.2. The van der Waals surface area contributed by atoms with Gasteiger partial charge in [-0.25, -0.2) is 0 Å². The van der Waals surface area contributed by atoms with Crippen LogP contribution in [0, 0.1) is 0 Å². The molecule has 1 aromatic heterocycles. The summed E-state index contributed by atoms with van der Waals surface area (Å²) in [5.74, 6) is -0.217. The second-order valence-electron chi connectivity index (χ2n) is 4.27. The first-order valence-corrected chi connectivity index (χ1v) is 7.74. The van der Waals surface area contributed by atoms with Gasteiger partial charge < -0.3 is 11.1 Å². The van der Waals surface area contributed by atoms with Gasteiger partial charge >= 0.3 is 0 Å². The monoisotopic (exact) mass is 328 g/mol. The van der Waals surface area contributed by atoms with E-state index in [0.717, 1.165) is 11.3 Å². The molecule has 2 aromatic rings. The van der Waals surface area contributed by atoms with Crippen LogP contribution in [-0.2, 0) is 13.0 Å². The molecule has 0 unspecified atom stereocenters. The lowest BCUT2D eigenvalue weighted by atomic mass is 10.1. The molecular weight excluding hydrogens is 315 g/mol. The van der Waals surface area contributed by atoms with Crippen molar-refractivity contribution in [1.29, 1.82) is 0 Å². The number of carbonyl (C=O) groups is 1. The molecule has 0 spiro atoms. The summed E-state index contributed by atoms with van der Waals surface area (Å²) >= 11 is 13.4. The quantitative estimate of drug-likeness (QED) is 0.829. The van der Waals surface area contributed by atoms with Gasteiger partial charge in [-0.05, 0) is 35.6 Å². The fourth-order valence-corrected chi connectivity index (χ4v) is 3.09. The number of anilines is 1. The zero-order chi connectivity index (χ0) is 14.7. The zero-order valence-electron chi connectivity index (χ0n) is 10.9. The predicted octanol–water partition coefficient (Wildman–Crippen LogP) is 4.13. The lowest BCUT2D eigenvalue weighted by Gasteiger charge is -2.08. The molecule has 1 aromatic carbocycles. The van der Waals surface area contributed by atoms with Gasteiger partial charge in [-0.1, -0.05) is 30.1 Å². The van der Waals surface area contributed by atoms with E-state index < -0.39 is 0 Å². The Kier molecular flexibility index (Phi) is 4.91. The molecule has 0 bridgehead atoms. The van der Waals surface area contributed by atoms with Crippen LogP contribution in [0.2, 0.25) is 10.0 Å². The molecule has 0 saturated heterocycles. The maximum absolute atomic E-state index is 12.1. The first-order valence-electron chi connectivity index (χ1n) is 6.11. The number of aryl methyl sites for hydroxylation is 1. The molecule has 0 aliphatic rings. The summed E-state index contributed by atoms with van der Waals surface area (Å²) in [6.07, 6.45) is 0.953. The van der Waals surface area contributed by atoms with Crippen molar-refractivity contribution in [3.63, 3.8) is 0 Å². The van der Waals surface area contributed by atoms with Crippen LogP contribution in [0.25, 0.3) is 0 Å². The van der Waals surface area contributed by atoms with Crippen LogP contribution in [0.5, 0.6) is 0 Å². The molecule has 0 atom stereocenters. The van der Waals surface area contributed by atoms with Gasteiger partial charge in [0, 0.05) is 10.4 Å². The van der Waals surface area contributed by atoms with Crippen LogP contribution in [0.1, 0.15) is 27.7 Å². The number of hydrogen-bond donors (Lipinski definition) is 2. The number of carbonyl (C=O) groups excluding carboxylic acids is 1. The molecule has 0 saturated carbocycles. The average molecular weight is 329 g/mol. The highest BCUT2D eigenvalue weighted by Gasteiger charge is 2.12. The summed E-state index contributed by atoms with van der Waals surface area (Å²) in [5, 5.41) is 5.44. The Balaban J connectivity index is 2.09. The maximum atomic E-state index is 12.1. The lowest BCUT2D eigenvalue weighted by Crippen LogP contribution is -2.23. The van der Waals surface area contributed by atoms with Crippen molar-refractivity contribution in [3.8, 4) is 0 Å². The van der Waals surface area contributed by atoms with E-state index in [1.54, 1.807) is 11.3 Å². The van der Waals surface area contributed by atoms with Crippen molar-refractivity contribution >= 4 is 46.1 Å². The zero-order valence-corrected chi connectivity index (χ0v) is 13.2.